The second-order valence-electron chi connectivity index (χ2n) is 7.35. The lowest BCUT2D eigenvalue weighted by molar-refractivity contribution is -0.117. The summed E-state index contributed by atoms with van der Waals surface area (Å²) in [5, 5.41) is 10.9. The molecule has 0 saturated carbocycles. The lowest BCUT2D eigenvalue weighted by Gasteiger charge is -2.44. The smallest absolute Gasteiger partial charge is 0.326 e. The van der Waals surface area contributed by atoms with E-state index in [-0.39, 0.29) is 17.0 Å². The van der Waals surface area contributed by atoms with E-state index in [4.69, 9.17) is 0 Å². The highest BCUT2D eigenvalue weighted by atomic mass is 32.2. The van der Waals surface area contributed by atoms with Crippen LogP contribution >= 0.6 is 0 Å². The predicted octanol–water partition coefficient (Wildman–Crippen LogP) is -0.825. The van der Waals surface area contributed by atoms with Crippen molar-refractivity contribution in [3.8, 4) is 5.75 Å². The van der Waals surface area contributed by atoms with Crippen molar-refractivity contribution in [3.05, 3.63) is 28.6 Å². The molecule has 3 heterocycles. The molecule has 0 atom stereocenters. The van der Waals surface area contributed by atoms with Crippen LogP contribution in [0.5, 0.6) is 5.75 Å². The zero-order valence-corrected chi connectivity index (χ0v) is 16.5. The van der Waals surface area contributed by atoms with Gasteiger partial charge in [-0.2, -0.15) is 8.42 Å². The highest BCUT2D eigenvalue weighted by Crippen LogP contribution is 2.35. The molecule has 10 nitrogen and oxygen atoms in total. The highest BCUT2D eigenvalue weighted by Gasteiger charge is 2.36. The van der Waals surface area contributed by atoms with E-state index in [0.717, 1.165) is 17.4 Å². The molecule has 1 aromatic carbocycles. The Labute approximate surface area is 161 Å². The minimum absolute atomic E-state index is 0.00905. The molecule has 4 rings (SSSR count). The Morgan fingerprint density at radius 1 is 1.14 bits per heavy atom. The van der Waals surface area contributed by atoms with E-state index in [0.29, 0.717) is 22.6 Å². The molecule has 150 valence electrons. The van der Waals surface area contributed by atoms with Gasteiger partial charge in [0.1, 0.15) is 18.0 Å². The summed E-state index contributed by atoms with van der Waals surface area (Å²) in [5.41, 5.74) is 0.784. The number of pyridine rings is 1. The van der Waals surface area contributed by atoms with Crippen molar-refractivity contribution in [3.63, 3.8) is 0 Å². The molecule has 2 aliphatic heterocycles. The molecule has 1 amide bonds. The average molecular weight is 407 g/mol. The molecule has 2 N–H and O–H groups in total. The summed E-state index contributed by atoms with van der Waals surface area (Å²) in [6.45, 7) is 1.03. The van der Waals surface area contributed by atoms with Crippen LogP contribution in [0, 0.1) is 0 Å². The zero-order valence-electron chi connectivity index (χ0n) is 15.7. The Balaban J connectivity index is 1.82. The van der Waals surface area contributed by atoms with Crippen molar-refractivity contribution in [2.75, 3.05) is 42.9 Å². The number of fused-ring (bicyclic) bond motifs is 1. The topological polar surface area (TPSA) is 115 Å². The number of nitrogens with one attached hydrogen (secondary N) is 1. The highest BCUT2D eigenvalue weighted by molar-refractivity contribution is 7.92. The van der Waals surface area contributed by atoms with E-state index < -0.39 is 22.7 Å². The largest absolute Gasteiger partial charge is 0.506 e. The normalized spacial score (nSPS) is 19.4. The summed E-state index contributed by atoms with van der Waals surface area (Å²) in [4.78, 5) is 28.3. The van der Waals surface area contributed by atoms with Gasteiger partial charge in [-0.05, 0) is 26.2 Å². The average Bonchev–Trinajstić information content (AvgIpc) is 2.83. The molecule has 0 unspecified atom stereocenters. The van der Waals surface area contributed by atoms with E-state index in [1.807, 2.05) is 23.7 Å². The predicted molar refractivity (Wildman–Crippen MR) is 105 cm³/mol. The fourth-order valence-electron chi connectivity index (χ4n) is 3.54. The van der Waals surface area contributed by atoms with Gasteiger partial charge in [0.25, 0.3) is 11.5 Å². The van der Waals surface area contributed by atoms with E-state index in [1.54, 1.807) is 13.1 Å². The van der Waals surface area contributed by atoms with Crippen molar-refractivity contribution in [2.24, 2.45) is 7.05 Å². The number of hydrogen-bond donors (Lipinski definition) is 2. The van der Waals surface area contributed by atoms with Crippen LogP contribution < -0.4 is 19.5 Å². The molecule has 0 radical (unpaired) electrons. The fourth-order valence-corrected chi connectivity index (χ4v) is 4.70. The number of nitrogens with zero attached hydrogens (tertiary/aromatic N) is 4. The minimum atomic E-state index is -4.05. The van der Waals surface area contributed by atoms with Gasteiger partial charge in [-0.1, -0.05) is 0 Å². The maximum atomic E-state index is 12.8. The Morgan fingerprint density at radius 2 is 1.79 bits per heavy atom. The second kappa shape index (κ2) is 6.11. The molecule has 2 fully saturated rings. The third kappa shape index (κ3) is 2.78. The minimum Gasteiger partial charge on any atom is -0.506 e. The molecule has 0 spiro atoms. The van der Waals surface area contributed by atoms with Gasteiger partial charge in [-0.3, -0.25) is 9.59 Å². The standard InChI is InChI=1S/C17H21N5O5S/c1-19(2)11-7-21(8-11)14-5-10-4-13(22-9-16(24)18-28(22,26)27)15(23)6-12(10)20(3)17(14)25/h4-6,11,23H,7-9H2,1-3H3,(H,18,24). The number of carbonyl (C=O) groups excluding carboxylic acids is 1. The number of phenolic OH excluding ortho intramolecular Hbond substituents is 1. The van der Waals surface area contributed by atoms with Gasteiger partial charge in [-0.15, -0.1) is 0 Å². The van der Waals surface area contributed by atoms with Gasteiger partial charge in [0.15, 0.2) is 0 Å². The van der Waals surface area contributed by atoms with Crippen LogP contribution in [0.4, 0.5) is 11.4 Å². The number of aromatic nitrogens is 1. The maximum absolute atomic E-state index is 12.8. The number of aryl methyl sites for hydroxylation is 1. The van der Waals surface area contributed by atoms with Gasteiger partial charge < -0.3 is 19.5 Å². The SMILES string of the molecule is CN(C)C1CN(c2cc3cc(N4CC(=O)NS4(=O)=O)c(O)cc3n(C)c2=O)C1. The van der Waals surface area contributed by atoms with Gasteiger partial charge in [0, 0.05) is 37.6 Å². The first-order valence-corrected chi connectivity index (χ1v) is 10.1. The van der Waals surface area contributed by atoms with Crippen LogP contribution in [0.3, 0.4) is 0 Å². The molecule has 2 aromatic rings. The van der Waals surface area contributed by atoms with E-state index in [1.165, 1.54) is 16.7 Å². The Bertz CT molecular complexity index is 1150. The van der Waals surface area contributed by atoms with E-state index >= 15 is 0 Å². The Morgan fingerprint density at radius 3 is 2.36 bits per heavy atom. The number of hydrogen-bond acceptors (Lipinski definition) is 7. The van der Waals surface area contributed by atoms with Crippen molar-refractivity contribution < 1.29 is 18.3 Å². The van der Waals surface area contributed by atoms with Crippen LogP contribution in [0.25, 0.3) is 10.9 Å². The quantitative estimate of drug-likeness (QED) is 0.683. The summed E-state index contributed by atoms with van der Waals surface area (Å²) in [6, 6.07) is 4.88. The second-order valence-corrected chi connectivity index (χ2v) is 8.95. The van der Waals surface area contributed by atoms with Gasteiger partial charge in [-0.25, -0.2) is 9.03 Å². The van der Waals surface area contributed by atoms with Gasteiger partial charge in [0.2, 0.25) is 0 Å². The first-order chi connectivity index (χ1) is 13.1. The number of likely N-dealkylation sites (N-methyl/N-ethyl adjacent to an activating group) is 1. The first kappa shape index (κ1) is 18.6. The number of benzene rings is 1. The summed E-state index contributed by atoms with van der Waals surface area (Å²) < 4.78 is 28.4. The molecule has 0 bridgehead atoms. The third-order valence-corrected chi connectivity index (χ3v) is 6.71. The molecule has 2 saturated heterocycles. The molecular formula is C17H21N5O5S. The number of phenols is 1. The monoisotopic (exact) mass is 407 g/mol. The van der Waals surface area contributed by atoms with Crippen LogP contribution in [0.15, 0.2) is 23.0 Å². The van der Waals surface area contributed by atoms with Crippen molar-refractivity contribution in [1.29, 1.82) is 0 Å². The number of carbonyl (C=O) groups is 1. The first-order valence-electron chi connectivity index (χ1n) is 8.70. The van der Waals surface area contributed by atoms with Crippen molar-refractivity contribution >= 4 is 38.4 Å². The van der Waals surface area contributed by atoms with E-state index in [2.05, 4.69) is 4.90 Å². The van der Waals surface area contributed by atoms with Crippen molar-refractivity contribution in [2.45, 2.75) is 6.04 Å². The van der Waals surface area contributed by atoms with Crippen LogP contribution in [-0.2, 0) is 22.1 Å². The van der Waals surface area contributed by atoms with Crippen molar-refractivity contribution in [1.82, 2.24) is 14.2 Å². The third-order valence-electron chi connectivity index (χ3n) is 5.32. The summed E-state index contributed by atoms with van der Waals surface area (Å²) in [7, 11) is 1.53. The molecule has 11 heteroatoms. The lowest BCUT2D eigenvalue weighted by atomic mass is 10.1. The Hall–Kier alpha value is -2.79. The fraction of sp³-hybridized carbons (Fsp3) is 0.412. The van der Waals surface area contributed by atoms with Gasteiger partial charge in [0.05, 0.1) is 11.2 Å². The molecule has 2 aliphatic rings. The molecule has 1 aromatic heterocycles. The summed E-state index contributed by atoms with van der Waals surface area (Å²) >= 11 is 0. The summed E-state index contributed by atoms with van der Waals surface area (Å²) in [5.74, 6) is -0.997. The summed E-state index contributed by atoms with van der Waals surface area (Å²) in [6.07, 6.45) is 0. The van der Waals surface area contributed by atoms with Crippen LogP contribution in [-0.4, -0.2) is 68.7 Å². The maximum Gasteiger partial charge on any atom is 0.326 e. The number of anilines is 2. The molecule has 28 heavy (non-hydrogen) atoms. The van der Waals surface area contributed by atoms with Crippen LogP contribution in [0.1, 0.15) is 0 Å². The zero-order chi connectivity index (χ0) is 20.4. The molecule has 0 aliphatic carbocycles. The number of rotatable bonds is 3. The number of amides is 1. The Kier molecular flexibility index (Phi) is 4.05. The molecular weight excluding hydrogens is 386 g/mol. The van der Waals surface area contributed by atoms with E-state index in [9.17, 15) is 23.1 Å². The lowest BCUT2D eigenvalue weighted by Crippen LogP contribution is -2.58. The van der Waals surface area contributed by atoms with Gasteiger partial charge >= 0.3 is 10.2 Å². The van der Waals surface area contributed by atoms with Crippen LogP contribution in [0.2, 0.25) is 0 Å². The number of aromatic hydroxyl groups is 1.